The summed E-state index contributed by atoms with van der Waals surface area (Å²) in [6.45, 7) is 0.286. The minimum absolute atomic E-state index is 0.286. The van der Waals surface area contributed by atoms with Gasteiger partial charge in [0.25, 0.3) is 0 Å². The SMILES string of the molecule is COCc1nn(C)cc1B(O)O. The molecule has 0 spiro atoms. The summed E-state index contributed by atoms with van der Waals surface area (Å²) in [6.07, 6.45) is 1.55. The van der Waals surface area contributed by atoms with Gasteiger partial charge in [-0.2, -0.15) is 5.10 Å². The molecule has 66 valence electrons. The van der Waals surface area contributed by atoms with Crippen molar-refractivity contribution >= 4 is 12.6 Å². The second-order valence-electron chi connectivity index (χ2n) is 2.51. The van der Waals surface area contributed by atoms with Gasteiger partial charge in [-0.05, 0) is 0 Å². The highest BCUT2D eigenvalue weighted by molar-refractivity contribution is 6.59. The summed E-state index contributed by atoms with van der Waals surface area (Å²) in [7, 11) is 1.76. The molecule has 1 rings (SSSR count). The second kappa shape index (κ2) is 3.71. The molecular formula is C6H11BN2O3. The molecule has 0 unspecified atom stereocenters. The van der Waals surface area contributed by atoms with Crippen LogP contribution in [0.25, 0.3) is 0 Å². The molecule has 0 aliphatic carbocycles. The quantitative estimate of drug-likeness (QED) is 0.527. The zero-order chi connectivity index (χ0) is 9.14. The van der Waals surface area contributed by atoms with Gasteiger partial charge in [0.05, 0.1) is 12.3 Å². The number of nitrogens with zero attached hydrogens (tertiary/aromatic N) is 2. The maximum Gasteiger partial charge on any atom is 0.492 e. The summed E-state index contributed by atoms with van der Waals surface area (Å²) in [5, 5.41) is 21.8. The first-order valence-corrected chi connectivity index (χ1v) is 3.52. The lowest BCUT2D eigenvalue weighted by atomic mass is 9.81. The Kier molecular flexibility index (Phi) is 2.85. The van der Waals surface area contributed by atoms with Gasteiger partial charge in [0.15, 0.2) is 0 Å². The number of hydrogen-bond donors (Lipinski definition) is 2. The fourth-order valence-corrected chi connectivity index (χ4v) is 1.02. The third kappa shape index (κ3) is 1.85. The lowest BCUT2D eigenvalue weighted by molar-refractivity contribution is 0.181. The molecule has 0 bridgehead atoms. The van der Waals surface area contributed by atoms with Crippen LogP contribution in [0, 0.1) is 0 Å². The van der Waals surface area contributed by atoms with E-state index in [1.807, 2.05) is 0 Å². The van der Waals surface area contributed by atoms with Crippen molar-refractivity contribution in [1.82, 2.24) is 9.78 Å². The van der Waals surface area contributed by atoms with Crippen molar-refractivity contribution < 1.29 is 14.8 Å². The van der Waals surface area contributed by atoms with Gasteiger partial charge in [-0.15, -0.1) is 0 Å². The van der Waals surface area contributed by atoms with E-state index < -0.39 is 7.12 Å². The molecule has 0 aliphatic rings. The smallest absolute Gasteiger partial charge is 0.423 e. The van der Waals surface area contributed by atoms with E-state index in [4.69, 9.17) is 14.8 Å². The zero-order valence-electron chi connectivity index (χ0n) is 7.06. The van der Waals surface area contributed by atoms with Crippen LogP contribution in [0.4, 0.5) is 0 Å². The lowest BCUT2D eigenvalue weighted by Crippen LogP contribution is -2.31. The maximum absolute atomic E-state index is 8.89. The van der Waals surface area contributed by atoms with Gasteiger partial charge in [0.1, 0.15) is 0 Å². The molecule has 0 aromatic carbocycles. The Morgan fingerprint density at radius 3 is 2.83 bits per heavy atom. The highest BCUT2D eigenvalue weighted by Gasteiger charge is 2.18. The third-order valence-corrected chi connectivity index (χ3v) is 1.50. The molecule has 1 aromatic heterocycles. The molecule has 0 aliphatic heterocycles. The molecule has 0 radical (unpaired) electrons. The minimum Gasteiger partial charge on any atom is -0.423 e. The Labute approximate surface area is 70.7 Å². The van der Waals surface area contributed by atoms with Crippen molar-refractivity contribution in [2.24, 2.45) is 7.05 Å². The van der Waals surface area contributed by atoms with Gasteiger partial charge in [0.2, 0.25) is 0 Å². The van der Waals surface area contributed by atoms with Crippen molar-refractivity contribution in [3.63, 3.8) is 0 Å². The van der Waals surface area contributed by atoms with Crippen molar-refractivity contribution in [2.45, 2.75) is 6.61 Å². The number of aromatic nitrogens is 2. The molecule has 0 amide bonds. The van der Waals surface area contributed by atoms with Crippen molar-refractivity contribution in [2.75, 3.05) is 7.11 Å². The van der Waals surface area contributed by atoms with E-state index in [1.54, 1.807) is 13.2 Å². The van der Waals surface area contributed by atoms with E-state index >= 15 is 0 Å². The summed E-state index contributed by atoms with van der Waals surface area (Å²) in [5.41, 5.74) is 0.939. The summed E-state index contributed by atoms with van der Waals surface area (Å²) >= 11 is 0. The van der Waals surface area contributed by atoms with Crippen molar-refractivity contribution in [3.8, 4) is 0 Å². The van der Waals surface area contributed by atoms with Gasteiger partial charge < -0.3 is 14.8 Å². The van der Waals surface area contributed by atoms with Crippen LogP contribution < -0.4 is 5.46 Å². The van der Waals surface area contributed by atoms with Gasteiger partial charge in [-0.1, -0.05) is 0 Å². The molecule has 0 saturated heterocycles. The standard InChI is InChI=1S/C6H11BN2O3/c1-9-3-5(7(10)11)6(8-9)4-12-2/h3,10-11H,4H2,1-2H3. The zero-order valence-corrected chi connectivity index (χ0v) is 7.06. The highest BCUT2D eigenvalue weighted by Crippen LogP contribution is 1.94. The number of ether oxygens (including phenoxy) is 1. The molecule has 2 N–H and O–H groups in total. The monoisotopic (exact) mass is 170 g/mol. The Morgan fingerprint density at radius 2 is 2.33 bits per heavy atom. The molecule has 1 aromatic rings. The topological polar surface area (TPSA) is 67.5 Å². The molecular weight excluding hydrogens is 159 g/mol. The molecule has 6 heteroatoms. The summed E-state index contributed by atoms with van der Waals surface area (Å²) in [6, 6.07) is 0. The van der Waals surface area contributed by atoms with Gasteiger partial charge >= 0.3 is 7.12 Å². The Balaban J connectivity index is 2.92. The Hall–Kier alpha value is -0.845. The average molecular weight is 170 g/mol. The number of hydrogen-bond acceptors (Lipinski definition) is 4. The summed E-state index contributed by atoms with van der Waals surface area (Å²) < 4.78 is 6.35. The number of methoxy groups -OCH3 is 1. The van der Waals surface area contributed by atoms with Gasteiger partial charge in [0, 0.05) is 25.8 Å². The largest absolute Gasteiger partial charge is 0.492 e. The fraction of sp³-hybridized carbons (Fsp3) is 0.500. The van der Waals surface area contributed by atoms with Crippen LogP contribution in [0.5, 0.6) is 0 Å². The van der Waals surface area contributed by atoms with E-state index in [-0.39, 0.29) is 6.61 Å². The minimum atomic E-state index is -1.48. The molecule has 12 heavy (non-hydrogen) atoms. The molecule has 0 saturated carbocycles. The molecule has 0 fully saturated rings. The van der Waals surface area contributed by atoms with Crippen LogP contribution in [0.1, 0.15) is 5.69 Å². The van der Waals surface area contributed by atoms with E-state index in [9.17, 15) is 0 Å². The summed E-state index contributed by atoms with van der Waals surface area (Å²) in [5.74, 6) is 0. The van der Waals surface area contributed by atoms with Gasteiger partial charge in [-0.3, -0.25) is 4.68 Å². The predicted molar refractivity (Wildman–Crippen MR) is 43.7 cm³/mol. The predicted octanol–water partition coefficient (Wildman–Crippen LogP) is -1.75. The van der Waals surface area contributed by atoms with Crippen LogP contribution in [-0.2, 0) is 18.4 Å². The van der Waals surface area contributed by atoms with E-state index in [2.05, 4.69) is 5.10 Å². The third-order valence-electron chi connectivity index (χ3n) is 1.50. The van der Waals surface area contributed by atoms with E-state index in [0.29, 0.717) is 11.2 Å². The molecule has 5 nitrogen and oxygen atoms in total. The fourth-order valence-electron chi connectivity index (χ4n) is 1.02. The van der Waals surface area contributed by atoms with Crippen molar-refractivity contribution in [3.05, 3.63) is 11.9 Å². The number of rotatable bonds is 3. The first kappa shape index (κ1) is 9.24. The van der Waals surface area contributed by atoms with Crippen LogP contribution >= 0.6 is 0 Å². The van der Waals surface area contributed by atoms with Crippen LogP contribution in [0.2, 0.25) is 0 Å². The first-order chi connectivity index (χ1) is 5.65. The van der Waals surface area contributed by atoms with Crippen LogP contribution in [-0.4, -0.2) is 34.1 Å². The molecule has 0 atom stereocenters. The maximum atomic E-state index is 8.89. The van der Waals surface area contributed by atoms with Crippen LogP contribution in [0.3, 0.4) is 0 Å². The first-order valence-electron chi connectivity index (χ1n) is 3.52. The number of aryl methyl sites for hydroxylation is 1. The van der Waals surface area contributed by atoms with E-state index in [0.717, 1.165) is 0 Å². The average Bonchev–Trinajstić information content (AvgIpc) is 2.32. The van der Waals surface area contributed by atoms with Crippen LogP contribution in [0.15, 0.2) is 6.20 Å². The lowest BCUT2D eigenvalue weighted by Gasteiger charge is -1.97. The molecule has 1 heterocycles. The van der Waals surface area contributed by atoms with Gasteiger partial charge in [-0.25, -0.2) is 0 Å². The second-order valence-corrected chi connectivity index (χ2v) is 2.51. The Bertz CT molecular complexity index is 261. The van der Waals surface area contributed by atoms with Crippen molar-refractivity contribution in [1.29, 1.82) is 0 Å². The highest BCUT2D eigenvalue weighted by atomic mass is 16.5. The van der Waals surface area contributed by atoms with E-state index in [1.165, 1.54) is 11.8 Å². The summed E-state index contributed by atoms with van der Waals surface area (Å²) in [4.78, 5) is 0. The normalized spacial score (nSPS) is 10.3. The Morgan fingerprint density at radius 1 is 1.67 bits per heavy atom.